The number of rotatable bonds is 5. The number of nitrogens with one attached hydrogen (secondary N) is 1. The summed E-state index contributed by atoms with van der Waals surface area (Å²) in [6, 6.07) is 9.29. The summed E-state index contributed by atoms with van der Waals surface area (Å²) in [5.74, 6) is 0. The van der Waals surface area contributed by atoms with Crippen LogP contribution in [-0.2, 0) is 0 Å². The van der Waals surface area contributed by atoms with Crippen LogP contribution in [-0.4, -0.2) is 31.1 Å². The predicted octanol–water partition coefficient (Wildman–Crippen LogP) is 2.21. The van der Waals surface area contributed by atoms with Gasteiger partial charge >= 0.3 is 0 Å². The van der Waals surface area contributed by atoms with Crippen LogP contribution in [0.5, 0.6) is 0 Å². The largest absolute Gasteiger partial charge is 0.324 e. The Kier molecular flexibility index (Phi) is 4.16. The third kappa shape index (κ3) is 2.99. The highest BCUT2D eigenvalue weighted by atomic mass is 15.1. The Bertz CT molecular complexity index is 412. The van der Waals surface area contributed by atoms with Gasteiger partial charge in [0.15, 0.2) is 0 Å². The Balaban J connectivity index is 1.46. The van der Waals surface area contributed by atoms with Gasteiger partial charge in [0.05, 0.1) is 0 Å². The van der Waals surface area contributed by atoms with Crippen LogP contribution in [0.4, 0.5) is 0 Å². The van der Waals surface area contributed by atoms with Crippen molar-refractivity contribution in [3.8, 4) is 0 Å². The van der Waals surface area contributed by atoms with Gasteiger partial charge in [-0.1, -0.05) is 24.3 Å². The molecule has 0 aromatic heterocycles. The second-order valence-corrected chi connectivity index (χ2v) is 5.88. The number of likely N-dealkylation sites (tertiary alicyclic amines) is 1. The molecular formula is C16H25N3. The van der Waals surface area contributed by atoms with Gasteiger partial charge in [-0.05, 0) is 63.0 Å². The zero-order valence-electron chi connectivity index (χ0n) is 11.6. The molecule has 2 unspecified atom stereocenters. The molecule has 1 heterocycles. The maximum Gasteiger partial charge on any atom is 0.0341 e. The molecular weight excluding hydrogens is 234 g/mol. The zero-order valence-corrected chi connectivity index (χ0v) is 11.6. The molecule has 0 radical (unpaired) electrons. The highest BCUT2D eigenvalue weighted by Crippen LogP contribution is 2.36. The Morgan fingerprint density at radius 2 is 1.89 bits per heavy atom. The van der Waals surface area contributed by atoms with Crippen molar-refractivity contribution in [1.82, 2.24) is 10.2 Å². The normalized spacial score (nSPS) is 26.8. The molecule has 3 N–H and O–H groups in total. The SMILES string of the molecule is NC1CC(NCCCN2CCCC2)c2ccccc21. The summed E-state index contributed by atoms with van der Waals surface area (Å²) < 4.78 is 0. The fourth-order valence-electron chi connectivity index (χ4n) is 3.45. The first-order valence-electron chi connectivity index (χ1n) is 7.65. The first kappa shape index (κ1) is 13.1. The van der Waals surface area contributed by atoms with Gasteiger partial charge in [-0.15, -0.1) is 0 Å². The first-order chi connectivity index (χ1) is 9.34. The molecule has 2 atom stereocenters. The van der Waals surface area contributed by atoms with Crippen molar-refractivity contribution in [1.29, 1.82) is 0 Å². The molecule has 3 heteroatoms. The molecule has 3 rings (SSSR count). The van der Waals surface area contributed by atoms with Crippen molar-refractivity contribution in [3.63, 3.8) is 0 Å². The highest BCUT2D eigenvalue weighted by Gasteiger charge is 2.27. The lowest BCUT2D eigenvalue weighted by atomic mass is 10.1. The molecule has 0 amide bonds. The Morgan fingerprint density at radius 1 is 1.16 bits per heavy atom. The van der Waals surface area contributed by atoms with E-state index in [4.69, 9.17) is 5.73 Å². The molecule has 1 fully saturated rings. The molecule has 104 valence electrons. The first-order valence-corrected chi connectivity index (χ1v) is 7.65. The number of nitrogens with zero attached hydrogens (tertiary/aromatic N) is 1. The van der Waals surface area contributed by atoms with Crippen LogP contribution in [0.3, 0.4) is 0 Å². The van der Waals surface area contributed by atoms with E-state index in [-0.39, 0.29) is 6.04 Å². The van der Waals surface area contributed by atoms with E-state index in [1.54, 1.807) is 0 Å². The van der Waals surface area contributed by atoms with Gasteiger partial charge in [0.25, 0.3) is 0 Å². The molecule has 1 aromatic carbocycles. The molecule has 0 bridgehead atoms. The summed E-state index contributed by atoms with van der Waals surface area (Å²) in [4.78, 5) is 2.58. The van der Waals surface area contributed by atoms with Crippen LogP contribution in [0.15, 0.2) is 24.3 Å². The average molecular weight is 259 g/mol. The third-order valence-electron chi connectivity index (χ3n) is 4.50. The molecule has 1 saturated heterocycles. The Hall–Kier alpha value is -0.900. The van der Waals surface area contributed by atoms with E-state index in [2.05, 4.69) is 34.5 Å². The maximum absolute atomic E-state index is 6.19. The lowest BCUT2D eigenvalue weighted by Gasteiger charge is -2.17. The highest BCUT2D eigenvalue weighted by molar-refractivity contribution is 5.37. The summed E-state index contributed by atoms with van der Waals surface area (Å²) >= 11 is 0. The Labute approximate surface area is 116 Å². The van der Waals surface area contributed by atoms with Crippen LogP contribution < -0.4 is 11.1 Å². The van der Waals surface area contributed by atoms with E-state index < -0.39 is 0 Å². The van der Waals surface area contributed by atoms with Crippen molar-refractivity contribution < 1.29 is 0 Å². The topological polar surface area (TPSA) is 41.3 Å². The lowest BCUT2D eigenvalue weighted by molar-refractivity contribution is 0.327. The van der Waals surface area contributed by atoms with Gasteiger partial charge in [0.2, 0.25) is 0 Å². The number of hydrogen-bond donors (Lipinski definition) is 2. The molecule has 1 aliphatic heterocycles. The van der Waals surface area contributed by atoms with Crippen molar-refractivity contribution in [2.24, 2.45) is 5.73 Å². The Morgan fingerprint density at radius 3 is 2.68 bits per heavy atom. The third-order valence-corrected chi connectivity index (χ3v) is 4.50. The number of fused-ring (bicyclic) bond motifs is 1. The van der Waals surface area contributed by atoms with E-state index in [0.29, 0.717) is 6.04 Å². The zero-order chi connectivity index (χ0) is 13.1. The average Bonchev–Trinajstić information content (AvgIpc) is 3.04. The van der Waals surface area contributed by atoms with Crippen LogP contribution in [0, 0.1) is 0 Å². The van der Waals surface area contributed by atoms with Crippen molar-refractivity contribution in [2.75, 3.05) is 26.2 Å². The van der Waals surface area contributed by atoms with Crippen LogP contribution >= 0.6 is 0 Å². The number of benzene rings is 1. The van der Waals surface area contributed by atoms with Crippen LogP contribution in [0.25, 0.3) is 0 Å². The van der Waals surface area contributed by atoms with E-state index in [1.807, 2.05) is 0 Å². The summed E-state index contributed by atoms with van der Waals surface area (Å²) in [6.07, 6.45) is 5.06. The van der Waals surface area contributed by atoms with Crippen molar-refractivity contribution >= 4 is 0 Å². The molecule has 0 saturated carbocycles. The van der Waals surface area contributed by atoms with E-state index in [0.717, 1.165) is 13.0 Å². The van der Waals surface area contributed by atoms with E-state index in [9.17, 15) is 0 Å². The van der Waals surface area contributed by atoms with Gasteiger partial charge in [-0.3, -0.25) is 0 Å². The molecule has 1 aromatic rings. The summed E-state index contributed by atoms with van der Waals surface area (Å²) in [5, 5.41) is 3.69. The fraction of sp³-hybridized carbons (Fsp3) is 0.625. The maximum atomic E-state index is 6.19. The standard InChI is InChI=1S/C16H25N3/c17-15-12-16(14-7-2-1-6-13(14)15)18-8-5-11-19-9-3-4-10-19/h1-2,6-7,15-16,18H,3-5,8-12,17H2. The lowest BCUT2D eigenvalue weighted by Crippen LogP contribution is -2.26. The van der Waals surface area contributed by atoms with E-state index in [1.165, 1.54) is 50.0 Å². The minimum absolute atomic E-state index is 0.215. The fourth-order valence-corrected chi connectivity index (χ4v) is 3.45. The summed E-state index contributed by atoms with van der Waals surface area (Å²) in [7, 11) is 0. The molecule has 1 aliphatic carbocycles. The smallest absolute Gasteiger partial charge is 0.0341 e. The van der Waals surface area contributed by atoms with Crippen LogP contribution in [0.1, 0.15) is 48.9 Å². The number of nitrogens with two attached hydrogens (primary N) is 1. The molecule has 0 spiro atoms. The predicted molar refractivity (Wildman–Crippen MR) is 79.0 cm³/mol. The molecule has 3 nitrogen and oxygen atoms in total. The summed E-state index contributed by atoms with van der Waals surface area (Å²) in [6.45, 7) is 4.95. The van der Waals surface area contributed by atoms with Gasteiger partial charge < -0.3 is 16.0 Å². The van der Waals surface area contributed by atoms with Gasteiger partial charge in [0.1, 0.15) is 0 Å². The summed E-state index contributed by atoms with van der Waals surface area (Å²) in [5.41, 5.74) is 8.94. The number of hydrogen-bond acceptors (Lipinski definition) is 3. The quantitative estimate of drug-likeness (QED) is 0.797. The minimum atomic E-state index is 0.215. The van der Waals surface area contributed by atoms with Gasteiger partial charge in [-0.2, -0.15) is 0 Å². The van der Waals surface area contributed by atoms with Gasteiger partial charge in [-0.25, -0.2) is 0 Å². The minimum Gasteiger partial charge on any atom is -0.324 e. The van der Waals surface area contributed by atoms with Crippen LogP contribution in [0.2, 0.25) is 0 Å². The van der Waals surface area contributed by atoms with Crippen molar-refractivity contribution in [3.05, 3.63) is 35.4 Å². The monoisotopic (exact) mass is 259 g/mol. The van der Waals surface area contributed by atoms with Crippen molar-refractivity contribution in [2.45, 2.75) is 37.8 Å². The second-order valence-electron chi connectivity index (χ2n) is 5.88. The van der Waals surface area contributed by atoms with Gasteiger partial charge in [0, 0.05) is 12.1 Å². The molecule has 19 heavy (non-hydrogen) atoms. The second kappa shape index (κ2) is 6.04. The molecule has 2 aliphatic rings. The van der Waals surface area contributed by atoms with E-state index >= 15 is 0 Å².